The third-order valence-electron chi connectivity index (χ3n) is 2.63. The van der Waals surface area contributed by atoms with Gasteiger partial charge in [0, 0.05) is 12.0 Å². The zero-order valence-electron chi connectivity index (χ0n) is 11.1. The molecule has 0 aliphatic carbocycles. The summed E-state index contributed by atoms with van der Waals surface area (Å²) in [5.41, 5.74) is 0.299. The Morgan fingerprint density at radius 1 is 1.25 bits per heavy atom. The monoisotopic (exact) mass is 280 g/mol. The quantitative estimate of drug-likeness (QED) is 0.934. The van der Waals surface area contributed by atoms with E-state index in [0.29, 0.717) is 11.5 Å². The maximum atomic E-state index is 13.1. The van der Waals surface area contributed by atoms with Crippen molar-refractivity contribution in [3.8, 4) is 11.5 Å². The molecule has 2 aromatic rings. The van der Waals surface area contributed by atoms with Crippen LogP contribution in [-0.2, 0) is 6.61 Å². The summed E-state index contributed by atoms with van der Waals surface area (Å²) in [4.78, 5) is 8.28. The van der Waals surface area contributed by atoms with Crippen LogP contribution in [0.2, 0.25) is 0 Å². The molecule has 106 valence electrons. The van der Waals surface area contributed by atoms with E-state index in [1.54, 1.807) is 0 Å². The Kier molecular flexibility index (Phi) is 4.24. The van der Waals surface area contributed by atoms with E-state index in [0.717, 1.165) is 12.1 Å². The fraction of sp³-hybridized carbons (Fsp3) is 0.286. The van der Waals surface area contributed by atoms with E-state index in [4.69, 9.17) is 4.74 Å². The minimum absolute atomic E-state index is 0.109. The molecule has 0 bridgehead atoms. The highest BCUT2D eigenvalue weighted by Gasteiger charge is 2.12. The molecule has 0 saturated carbocycles. The molecule has 0 amide bonds. The van der Waals surface area contributed by atoms with Crippen molar-refractivity contribution in [2.24, 2.45) is 0 Å². The second-order valence-electron chi connectivity index (χ2n) is 4.53. The van der Waals surface area contributed by atoms with Crippen LogP contribution in [0, 0.1) is 11.6 Å². The van der Waals surface area contributed by atoms with Crippen LogP contribution in [0.4, 0.5) is 8.78 Å². The molecule has 0 radical (unpaired) electrons. The molecule has 0 spiro atoms. The Morgan fingerprint density at radius 3 is 2.60 bits per heavy atom. The van der Waals surface area contributed by atoms with Crippen LogP contribution in [-0.4, -0.2) is 15.1 Å². The van der Waals surface area contributed by atoms with Gasteiger partial charge >= 0.3 is 0 Å². The molecule has 20 heavy (non-hydrogen) atoms. The van der Waals surface area contributed by atoms with Gasteiger partial charge in [-0.2, -0.15) is 0 Å². The van der Waals surface area contributed by atoms with Crippen molar-refractivity contribution in [1.29, 1.82) is 0 Å². The number of rotatable bonds is 4. The summed E-state index contributed by atoms with van der Waals surface area (Å²) in [6, 6.07) is 3.18. The minimum atomic E-state index is -1.01. The van der Waals surface area contributed by atoms with Crippen LogP contribution >= 0.6 is 0 Å². The summed E-state index contributed by atoms with van der Waals surface area (Å²) >= 11 is 0. The Labute approximate surface area is 115 Å². The van der Waals surface area contributed by atoms with Crippen molar-refractivity contribution < 1.29 is 18.6 Å². The topological polar surface area (TPSA) is 55.2 Å². The third-order valence-corrected chi connectivity index (χ3v) is 2.63. The number of aromatic nitrogens is 2. The maximum absolute atomic E-state index is 13.1. The van der Waals surface area contributed by atoms with Crippen molar-refractivity contribution in [2.45, 2.75) is 26.4 Å². The summed E-state index contributed by atoms with van der Waals surface area (Å²) in [6.07, 6.45) is 1.41. The Morgan fingerprint density at radius 2 is 2.00 bits per heavy atom. The number of nitrogens with zero attached hydrogens (tertiary/aromatic N) is 2. The van der Waals surface area contributed by atoms with Crippen molar-refractivity contribution in [1.82, 2.24) is 9.97 Å². The van der Waals surface area contributed by atoms with E-state index in [2.05, 4.69) is 9.97 Å². The van der Waals surface area contributed by atoms with E-state index < -0.39 is 11.6 Å². The first kappa shape index (κ1) is 14.3. The van der Waals surface area contributed by atoms with Gasteiger partial charge < -0.3 is 9.84 Å². The van der Waals surface area contributed by atoms with Gasteiger partial charge in [0.25, 0.3) is 0 Å². The van der Waals surface area contributed by atoms with E-state index in [9.17, 15) is 13.9 Å². The van der Waals surface area contributed by atoms with Gasteiger partial charge in [-0.3, -0.25) is 0 Å². The third kappa shape index (κ3) is 3.08. The van der Waals surface area contributed by atoms with E-state index in [1.165, 1.54) is 12.3 Å². The summed E-state index contributed by atoms with van der Waals surface area (Å²) in [7, 11) is 0. The standard InChI is InChI=1S/C14H14F2N2O2/c1-8(2)14-17-6-13(12(7-19)18-14)20-9-3-4-10(15)11(16)5-9/h3-6,8,19H,7H2,1-2H3. The lowest BCUT2D eigenvalue weighted by atomic mass is 10.2. The molecular formula is C14H14F2N2O2. The smallest absolute Gasteiger partial charge is 0.169 e. The molecule has 0 aliphatic rings. The lowest BCUT2D eigenvalue weighted by molar-refractivity contribution is 0.269. The lowest BCUT2D eigenvalue weighted by Gasteiger charge is -2.11. The number of aliphatic hydroxyl groups is 1. The molecule has 0 aliphatic heterocycles. The Balaban J connectivity index is 2.30. The molecule has 6 heteroatoms. The number of hydrogen-bond donors (Lipinski definition) is 1. The molecule has 1 heterocycles. The zero-order chi connectivity index (χ0) is 14.7. The van der Waals surface area contributed by atoms with Gasteiger partial charge in [-0.1, -0.05) is 13.8 Å². The van der Waals surface area contributed by atoms with Gasteiger partial charge in [0.15, 0.2) is 17.4 Å². The number of halogens is 2. The van der Waals surface area contributed by atoms with E-state index in [-0.39, 0.29) is 24.0 Å². The van der Waals surface area contributed by atoms with Crippen molar-refractivity contribution >= 4 is 0 Å². The fourth-order valence-corrected chi connectivity index (χ4v) is 1.57. The van der Waals surface area contributed by atoms with Crippen LogP contribution in [0.5, 0.6) is 11.5 Å². The summed E-state index contributed by atoms with van der Waals surface area (Å²) in [5, 5.41) is 9.30. The average molecular weight is 280 g/mol. The highest BCUT2D eigenvalue weighted by atomic mass is 19.2. The second kappa shape index (κ2) is 5.92. The van der Waals surface area contributed by atoms with Crippen LogP contribution < -0.4 is 4.74 Å². The second-order valence-corrected chi connectivity index (χ2v) is 4.53. The van der Waals surface area contributed by atoms with Crippen LogP contribution in [0.1, 0.15) is 31.3 Å². The first-order valence-electron chi connectivity index (χ1n) is 6.11. The molecule has 2 rings (SSSR count). The molecular weight excluding hydrogens is 266 g/mol. The lowest BCUT2D eigenvalue weighted by Crippen LogP contribution is -2.03. The molecule has 1 aromatic carbocycles. The minimum Gasteiger partial charge on any atom is -0.454 e. The maximum Gasteiger partial charge on any atom is 0.169 e. The molecule has 0 saturated heterocycles. The van der Waals surface area contributed by atoms with Crippen LogP contribution in [0.15, 0.2) is 24.4 Å². The summed E-state index contributed by atoms with van der Waals surface area (Å²) in [6.45, 7) is 3.51. The summed E-state index contributed by atoms with van der Waals surface area (Å²) < 4.78 is 31.3. The van der Waals surface area contributed by atoms with Crippen molar-refractivity contribution in [2.75, 3.05) is 0 Å². The van der Waals surface area contributed by atoms with Gasteiger partial charge in [0.1, 0.15) is 17.3 Å². The average Bonchev–Trinajstić information content (AvgIpc) is 2.43. The highest BCUT2D eigenvalue weighted by Crippen LogP contribution is 2.26. The predicted octanol–water partition coefficient (Wildman–Crippen LogP) is 3.16. The Hall–Kier alpha value is -2.08. The molecule has 0 unspecified atom stereocenters. The van der Waals surface area contributed by atoms with Gasteiger partial charge in [-0.05, 0) is 12.1 Å². The zero-order valence-corrected chi connectivity index (χ0v) is 11.1. The molecule has 0 atom stereocenters. The van der Waals surface area contributed by atoms with Gasteiger partial charge in [0.05, 0.1) is 12.8 Å². The highest BCUT2D eigenvalue weighted by molar-refractivity contribution is 5.33. The van der Waals surface area contributed by atoms with Crippen molar-refractivity contribution in [3.05, 3.63) is 47.5 Å². The first-order valence-corrected chi connectivity index (χ1v) is 6.11. The van der Waals surface area contributed by atoms with Gasteiger partial charge in [-0.15, -0.1) is 0 Å². The Bertz CT molecular complexity index is 618. The molecule has 4 nitrogen and oxygen atoms in total. The van der Waals surface area contributed by atoms with Crippen LogP contribution in [0.25, 0.3) is 0 Å². The molecule has 0 fully saturated rings. The van der Waals surface area contributed by atoms with Crippen LogP contribution in [0.3, 0.4) is 0 Å². The SMILES string of the molecule is CC(C)c1ncc(Oc2ccc(F)c(F)c2)c(CO)n1. The summed E-state index contributed by atoms with van der Waals surface area (Å²) in [5.74, 6) is -0.953. The largest absolute Gasteiger partial charge is 0.454 e. The van der Waals surface area contributed by atoms with Crippen molar-refractivity contribution in [3.63, 3.8) is 0 Å². The normalized spacial score (nSPS) is 10.9. The number of benzene rings is 1. The molecule has 1 N–H and O–H groups in total. The first-order chi connectivity index (χ1) is 9.51. The van der Waals surface area contributed by atoms with Gasteiger partial charge in [-0.25, -0.2) is 18.7 Å². The molecule has 1 aromatic heterocycles. The number of aliphatic hydroxyl groups excluding tert-OH is 1. The number of hydrogen-bond acceptors (Lipinski definition) is 4. The predicted molar refractivity (Wildman–Crippen MR) is 68.5 cm³/mol. The van der Waals surface area contributed by atoms with E-state index >= 15 is 0 Å². The van der Waals surface area contributed by atoms with E-state index in [1.807, 2.05) is 13.8 Å². The number of ether oxygens (including phenoxy) is 1. The van der Waals surface area contributed by atoms with Gasteiger partial charge in [0.2, 0.25) is 0 Å². The fourth-order valence-electron chi connectivity index (χ4n) is 1.57.